The highest BCUT2D eigenvalue weighted by atomic mass is 19.1. The van der Waals surface area contributed by atoms with Crippen LogP contribution in [-0.2, 0) is 5.41 Å². The van der Waals surface area contributed by atoms with E-state index >= 15 is 0 Å². The molecule has 0 fully saturated rings. The fourth-order valence-electron chi connectivity index (χ4n) is 1.20. The van der Waals surface area contributed by atoms with Crippen LogP contribution in [0.4, 0.5) is 4.39 Å². The van der Waals surface area contributed by atoms with Crippen LogP contribution in [0.3, 0.4) is 0 Å². The fourth-order valence-corrected chi connectivity index (χ4v) is 1.20. The van der Waals surface area contributed by atoms with Gasteiger partial charge in [0.05, 0.1) is 0 Å². The topological polar surface area (TPSA) is 0 Å². The lowest BCUT2D eigenvalue weighted by Crippen LogP contribution is -2.13. The molecule has 0 saturated heterocycles. The third-order valence-corrected chi connectivity index (χ3v) is 1.92. The van der Waals surface area contributed by atoms with Gasteiger partial charge in [-0.3, -0.25) is 0 Å². The van der Waals surface area contributed by atoms with E-state index in [-0.39, 0.29) is 11.2 Å². The third-order valence-electron chi connectivity index (χ3n) is 1.92. The van der Waals surface area contributed by atoms with Gasteiger partial charge in [-0.15, -0.1) is 0 Å². The van der Waals surface area contributed by atoms with Gasteiger partial charge in [-0.2, -0.15) is 0 Å². The lowest BCUT2D eigenvalue weighted by atomic mass is 9.86. The van der Waals surface area contributed by atoms with Crippen LogP contribution in [0.15, 0.2) is 18.2 Å². The van der Waals surface area contributed by atoms with Crippen molar-refractivity contribution in [3.05, 3.63) is 41.6 Å². The Hall–Kier alpha value is -1.29. The maximum Gasteiger partial charge on any atom is 0.128 e. The Morgan fingerprint density at radius 1 is 1.31 bits per heavy atom. The minimum atomic E-state index is -0.259. The molecule has 0 atom stereocenters. The molecule has 0 bridgehead atoms. The minimum absolute atomic E-state index is 0.190. The van der Waals surface area contributed by atoms with Crippen LogP contribution >= 0.6 is 0 Å². The monoisotopic (exact) mass is 175 g/mol. The quantitative estimate of drug-likeness (QED) is 0.531. The Bertz CT molecular complexity index is 350. The average molecular weight is 175 g/mol. The molecule has 1 radical (unpaired) electrons. The van der Waals surface area contributed by atoms with Crippen LogP contribution in [0.5, 0.6) is 0 Å². The van der Waals surface area contributed by atoms with Gasteiger partial charge >= 0.3 is 0 Å². The van der Waals surface area contributed by atoms with Crippen molar-refractivity contribution in [3.8, 4) is 5.92 Å². The first-order chi connectivity index (χ1) is 5.95. The molecule has 1 rings (SSSR count). The molecule has 0 nitrogen and oxygen atoms in total. The number of hydrogen-bond acceptors (Lipinski definition) is 0. The largest absolute Gasteiger partial charge is 0.207 e. The van der Waals surface area contributed by atoms with Crippen molar-refractivity contribution < 1.29 is 4.39 Å². The van der Waals surface area contributed by atoms with E-state index in [1.807, 2.05) is 20.8 Å². The Kier molecular flexibility index (Phi) is 2.43. The lowest BCUT2D eigenvalue weighted by molar-refractivity contribution is 0.522. The van der Waals surface area contributed by atoms with Gasteiger partial charge < -0.3 is 0 Å². The molecule has 1 aromatic carbocycles. The van der Waals surface area contributed by atoms with Crippen molar-refractivity contribution in [1.29, 1.82) is 0 Å². The van der Waals surface area contributed by atoms with Crippen molar-refractivity contribution in [2.75, 3.05) is 0 Å². The number of rotatable bonds is 0. The molecule has 0 N–H and O–H groups in total. The van der Waals surface area contributed by atoms with E-state index in [0.29, 0.717) is 11.1 Å². The van der Waals surface area contributed by atoms with Gasteiger partial charge in [0.25, 0.3) is 0 Å². The van der Waals surface area contributed by atoms with Crippen LogP contribution in [0, 0.1) is 18.2 Å². The first kappa shape index (κ1) is 9.80. The molecular formula is C12H12F. The van der Waals surface area contributed by atoms with Gasteiger partial charge in [0, 0.05) is 5.56 Å². The predicted molar refractivity (Wildman–Crippen MR) is 51.3 cm³/mol. The molecule has 0 saturated carbocycles. The third kappa shape index (κ3) is 2.09. The minimum Gasteiger partial charge on any atom is -0.207 e. The van der Waals surface area contributed by atoms with Crippen LogP contribution in [0.2, 0.25) is 0 Å². The summed E-state index contributed by atoms with van der Waals surface area (Å²) in [5.74, 6) is 1.90. The molecule has 0 aliphatic heterocycles. The normalized spacial score (nSPS) is 11.0. The summed E-state index contributed by atoms with van der Waals surface area (Å²) in [6, 6.07) is 4.76. The number of halogens is 1. The van der Waals surface area contributed by atoms with Crippen molar-refractivity contribution in [2.24, 2.45) is 0 Å². The Balaban J connectivity index is 3.23. The zero-order valence-electron chi connectivity index (χ0n) is 8.11. The second-order valence-corrected chi connectivity index (χ2v) is 4.07. The van der Waals surface area contributed by atoms with Gasteiger partial charge in [0.1, 0.15) is 5.82 Å². The van der Waals surface area contributed by atoms with Crippen molar-refractivity contribution >= 4 is 0 Å². The average Bonchev–Trinajstić information content (AvgIpc) is 2.01. The zero-order chi connectivity index (χ0) is 10.1. The van der Waals surface area contributed by atoms with E-state index < -0.39 is 0 Å². The van der Waals surface area contributed by atoms with Crippen LogP contribution in [0.25, 0.3) is 0 Å². The van der Waals surface area contributed by atoms with E-state index in [1.54, 1.807) is 12.1 Å². The van der Waals surface area contributed by atoms with Gasteiger partial charge in [-0.1, -0.05) is 32.8 Å². The Morgan fingerprint density at radius 2 is 1.92 bits per heavy atom. The number of hydrogen-bond donors (Lipinski definition) is 0. The van der Waals surface area contributed by atoms with Crippen LogP contribution in [-0.4, -0.2) is 0 Å². The molecule has 0 heterocycles. The summed E-state index contributed by atoms with van der Waals surface area (Å²) < 4.78 is 13.4. The van der Waals surface area contributed by atoms with Crippen molar-refractivity contribution in [1.82, 2.24) is 0 Å². The predicted octanol–water partition coefficient (Wildman–Crippen LogP) is 3.06. The van der Waals surface area contributed by atoms with Crippen LogP contribution in [0.1, 0.15) is 31.9 Å². The van der Waals surface area contributed by atoms with Gasteiger partial charge in [-0.05, 0) is 29.5 Å². The summed E-state index contributed by atoms with van der Waals surface area (Å²) in [5, 5.41) is 0. The highest BCUT2D eigenvalue weighted by Gasteiger charge is 2.17. The van der Waals surface area contributed by atoms with E-state index in [4.69, 9.17) is 6.42 Å². The summed E-state index contributed by atoms with van der Waals surface area (Å²) in [6.07, 6.45) is 6.85. The number of benzene rings is 1. The Labute approximate surface area is 78.8 Å². The van der Waals surface area contributed by atoms with Crippen molar-refractivity contribution in [3.63, 3.8) is 0 Å². The molecule has 0 unspecified atom stereocenters. The molecule has 0 amide bonds. The first-order valence-electron chi connectivity index (χ1n) is 4.18. The highest BCUT2D eigenvalue weighted by Crippen LogP contribution is 2.25. The summed E-state index contributed by atoms with van der Waals surface area (Å²) >= 11 is 0. The van der Waals surface area contributed by atoms with Gasteiger partial charge in [-0.25, -0.2) is 4.39 Å². The molecular weight excluding hydrogens is 163 g/mol. The fraction of sp³-hybridized carbons (Fsp3) is 0.333. The first-order valence-corrected chi connectivity index (χ1v) is 4.18. The molecule has 0 aliphatic carbocycles. The molecule has 0 aromatic heterocycles. The lowest BCUT2D eigenvalue weighted by Gasteiger charge is -2.19. The second-order valence-electron chi connectivity index (χ2n) is 4.07. The maximum absolute atomic E-state index is 13.4. The zero-order valence-corrected chi connectivity index (χ0v) is 8.11. The summed E-state index contributed by atoms with van der Waals surface area (Å²) in [7, 11) is 0. The summed E-state index contributed by atoms with van der Waals surface area (Å²) in [4.78, 5) is 0. The van der Waals surface area contributed by atoms with Crippen molar-refractivity contribution in [2.45, 2.75) is 26.2 Å². The summed E-state index contributed by atoms with van der Waals surface area (Å²) in [6.45, 7) is 5.87. The maximum atomic E-state index is 13.4. The molecule has 1 heteroatoms. The summed E-state index contributed by atoms with van der Waals surface area (Å²) in [5.41, 5.74) is 0.960. The SMILES string of the molecule is [C]#Cc1ccc(C(C)(C)C)c(F)c1. The van der Waals surface area contributed by atoms with Gasteiger partial charge in [0.15, 0.2) is 0 Å². The van der Waals surface area contributed by atoms with Crippen LogP contribution < -0.4 is 0 Å². The molecule has 0 aliphatic rings. The second kappa shape index (κ2) is 3.22. The van der Waals surface area contributed by atoms with Gasteiger partial charge in [0.2, 0.25) is 0 Å². The van der Waals surface area contributed by atoms with E-state index in [1.165, 1.54) is 6.07 Å². The van der Waals surface area contributed by atoms with E-state index in [2.05, 4.69) is 5.92 Å². The Morgan fingerprint density at radius 3 is 2.31 bits per heavy atom. The van der Waals surface area contributed by atoms with E-state index in [0.717, 1.165) is 0 Å². The van der Waals surface area contributed by atoms with E-state index in [9.17, 15) is 4.39 Å². The smallest absolute Gasteiger partial charge is 0.128 e. The highest BCUT2D eigenvalue weighted by molar-refractivity contribution is 5.36. The molecule has 1 aromatic rings. The standard InChI is InChI=1S/C12H12F/c1-5-9-6-7-10(11(13)8-9)12(2,3)4/h6-8H,2-4H3. The molecule has 13 heavy (non-hydrogen) atoms. The molecule has 67 valence electrons. The molecule has 0 spiro atoms.